The highest BCUT2D eigenvalue weighted by molar-refractivity contribution is 5.86. The van der Waals surface area contributed by atoms with Gasteiger partial charge < -0.3 is 9.84 Å². The van der Waals surface area contributed by atoms with Crippen molar-refractivity contribution in [3.05, 3.63) is 85.3 Å². The van der Waals surface area contributed by atoms with Gasteiger partial charge in [0.05, 0.1) is 35.6 Å². The second-order valence-corrected chi connectivity index (χ2v) is 7.50. The Hall–Kier alpha value is -4.25. The van der Waals surface area contributed by atoms with Gasteiger partial charge in [-0.25, -0.2) is 10.4 Å². The summed E-state index contributed by atoms with van der Waals surface area (Å²) in [5, 5.41) is 25.2. The molecule has 2 heterocycles. The van der Waals surface area contributed by atoms with Gasteiger partial charge in [-0.3, -0.25) is 24.8 Å². The summed E-state index contributed by atoms with van der Waals surface area (Å²) in [6.07, 6.45) is 1.80. The summed E-state index contributed by atoms with van der Waals surface area (Å²) < 4.78 is 4.96. The normalized spacial score (nSPS) is 13.6. The summed E-state index contributed by atoms with van der Waals surface area (Å²) in [4.78, 5) is 32.4. The SMILES string of the molecule is COc1cc([N+](=O)[O-])cc(/C=N\Nc2nc3c(c(=O)[nH]2)CN(Cc2ccccc2)CC3)c1O. The van der Waals surface area contributed by atoms with Gasteiger partial charge >= 0.3 is 0 Å². The van der Waals surface area contributed by atoms with E-state index in [9.17, 15) is 20.0 Å². The third-order valence-corrected chi connectivity index (χ3v) is 5.29. The number of phenols is 1. The largest absolute Gasteiger partial charge is 0.504 e. The number of phenolic OH excluding ortho intramolecular Hbond substituents is 1. The highest BCUT2D eigenvalue weighted by Crippen LogP contribution is 2.33. The second-order valence-electron chi connectivity index (χ2n) is 7.50. The molecule has 0 unspecified atom stereocenters. The summed E-state index contributed by atoms with van der Waals surface area (Å²) in [5.74, 6) is -0.200. The van der Waals surface area contributed by atoms with Crippen molar-refractivity contribution < 1.29 is 14.8 Å². The van der Waals surface area contributed by atoms with Crippen LogP contribution in [0, 0.1) is 10.1 Å². The number of benzene rings is 2. The summed E-state index contributed by atoms with van der Waals surface area (Å²) >= 11 is 0. The van der Waals surface area contributed by atoms with Crippen LogP contribution in [-0.2, 0) is 19.5 Å². The Balaban J connectivity index is 1.48. The zero-order valence-corrected chi connectivity index (χ0v) is 17.8. The smallest absolute Gasteiger partial charge is 0.274 e. The molecule has 3 aromatic rings. The maximum Gasteiger partial charge on any atom is 0.274 e. The average Bonchev–Trinajstić information content (AvgIpc) is 2.81. The van der Waals surface area contributed by atoms with E-state index in [2.05, 4.69) is 37.5 Å². The van der Waals surface area contributed by atoms with Crippen molar-refractivity contribution in [2.45, 2.75) is 19.5 Å². The fourth-order valence-electron chi connectivity index (χ4n) is 3.65. The van der Waals surface area contributed by atoms with Crippen LogP contribution >= 0.6 is 0 Å². The molecular formula is C22H22N6O5. The summed E-state index contributed by atoms with van der Waals surface area (Å²) in [6, 6.07) is 12.3. The number of ether oxygens (including phenoxy) is 1. The zero-order chi connectivity index (χ0) is 23.4. The van der Waals surface area contributed by atoms with Gasteiger partial charge in [0.25, 0.3) is 11.2 Å². The lowest BCUT2D eigenvalue weighted by Gasteiger charge is -2.27. The number of nitrogens with one attached hydrogen (secondary N) is 2. The van der Waals surface area contributed by atoms with Gasteiger partial charge in [-0.1, -0.05) is 30.3 Å². The number of nitro benzene ring substituents is 1. The minimum atomic E-state index is -0.601. The first-order valence-electron chi connectivity index (χ1n) is 10.2. The molecule has 33 heavy (non-hydrogen) atoms. The van der Waals surface area contributed by atoms with Gasteiger partial charge in [-0.15, -0.1) is 0 Å². The molecule has 0 radical (unpaired) electrons. The number of nitrogens with zero attached hydrogens (tertiary/aromatic N) is 4. The molecule has 1 aromatic heterocycles. The quantitative estimate of drug-likeness (QED) is 0.283. The fraction of sp³-hybridized carbons (Fsp3) is 0.227. The highest BCUT2D eigenvalue weighted by atomic mass is 16.6. The van der Waals surface area contributed by atoms with Gasteiger partial charge in [0.15, 0.2) is 11.5 Å². The van der Waals surface area contributed by atoms with E-state index < -0.39 is 4.92 Å². The Labute approximate surface area is 188 Å². The number of hydrazone groups is 1. The Morgan fingerprint density at radius 1 is 1.36 bits per heavy atom. The van der Waals surface area contributed by atoms with Crippen LogP contribution in [0.15, 0.2) is 52.4 Å². The molecule has 0 bridgehead atoms. The number of aromatic hydroxyl groups is 1. The van der Waals surface area contributed by atoms with Gasteiger partial charge in [0.1, 0.15) is 0 Å². The minimum absolute atomic E-state index is 0.0500. The molecule has 0 saturated carbocycles. The lowest BCUT2D eigenvalue weighted by Crippen LogP contribution is -2.35. The number of methoxy groups -OCH3 is 1. The van der Waals surface area contributed by atoms with Crippen LogP contribution in [0.1, 0.15) is 22.4 Å². The number of H-pyrrole nitrogens is 1. The Morgan fingerprint density at radius 2 is 2.15 bits per heavy atom. The number of aromatic nitrogens is 2. The molecular weight excluding hydrogens is 428 g/mol. The lowest BCUT2D eigenvalue weighted by molar-refractivity contribution is -0.385. The molecule has 11 heteroatoms. The number of fused-ring (bicyclic) bond motifs is 1. The third-order valence-electron chi connectivity index (χ3n) is 5.29. The topological polar surface area (TPSA) is 146 Å². The Morgan fingerprint density at radius 3 is 2.88 bits per heavy atom. The monoisotopic (exact) mass is 450 g/mol. The van der Waals surface area contributed by atoms with Crippen molar-refractivity contribution in [2.75, 3.05) is 19.1 Å². The molecule has 170 valence electrons. The molecule has 0 atom stereocenters. The van der Waals surface area contributed by atoms with Crippen molar-refractivity contribution in [2.24, 2.45) is 5.10 Å². The first-order valence-corrected chi connectivity index (χ1v) is 10.2. The van der Waals surface area contributed by atoms with Crippen molar-refractivity contribution >= 4 is 17.9 Å². The van der Waals surface area contributed by atoms with Crippen molar-refractivity contribution in [1.29, 1.82) is 0 Å². The first kappa shape index (κ1) is 22.0. The van der Waals surface area contributed by atoms with E-state index in [4.69, 9.17) is 4.74 Å². The van der Waals surface area contributed by atoms with Crippen LogP contribution in [0.3, 0.4) is 0 Å². The van der Waals surface area contributed by atoms with E-state index in [1.165, 1.54) is 18.9 Å². The Kier molecular flexibility index (Phi) is 6.31. The van der Waals surface area contributed by atoms with Crippen molar-refractivity contribution in [3.63, 3.8) is 0 Å². The maximum absolute atomic E-state index is 12.6. The molecule has 0 saturated heterocycles. The van der Waals surface area contributed by atoms with Gasteiger partial charge in [0, 0.05) is 37.7 Å². The van der Waals surface area contributed by atoms with E-state index in [1.54, 1.807) is 0 Å². The van der Waals surface area contributed by atoms with E-state index in [1.807, 2.05) is 18.2 Å². The van der Waals surface area contributed by atoms with E-state index in [0.717, 1.165) is 25.2 Å². The van der Waals surface area contributed by atoms with Crippen LogP contribution in [0.5, 0.6) is 11.5 Å². The molecule has 0 amide bonds. The minimum Gasteiger partial charge on any atom is -0.504 e. The van der Waals surface area contributed by atoms with Crippen LogP contribution in [0.4, 0.5) is 11.6 Å². The molecule has 4 rings (SSSR count). The third kappa shape index (κ3) is 4.99. The molecule has 2 aromatic carbocycles. The molecule has 0 spiro atoms. The number of non-ortho nitro benzene ring substituents is 1. The molecule has 1 aliphatic heterocycles. The number of hydrogen-bond donors (Lipinski definition) is 3. The van der Waals surface area contributed by atoms with E-state index >= 15 is 0 Å². The molecule has 0 aliphatic carbocycles. The summed E-state index contributed by atoms with van der Waals surface area (Å²) in [7, 11) is 1.29. The maximum atomic E-state index is 12.6. The average molecular weight is 450 g/mol. The van der Waals surface area contributed by atoms with Crippen LogP contribution in [-0.4, -0.2) is 44.8 Å². The summed E-state index contributed by atoms with van der Waals surface area (Å²) in [5.41, 5.74) is 4.67. The van der Waals surface area contributed by atoms with Gasteiger partial charge in [0.2, 0.25) is 5.95 Å². The Bertz CT molecular complexity index is 1260. The van der Waals surface area contributed by atoms with Gasteiger partial charge in [-0.2, -0.15) is 5.10 Å². The number of rotatable bonds is 7. The highest BCUT2D eigenvalue weighted by Gasteiger charge is 2.21. The van der Waals surface area contributed by atoms with Crippen LogP contribution in [0.25, 0.3) is 0 Å². The first-order chi connectivity index (χ1) is 15.9. The van der Waals surface area contributed by atoms with Crippen molar-refractivity contribution in [3.8, 4) is 11.5 Å². The van der Waals surface area contributed by atoms with E-state index in [0.29, 0.717) is 24.2 Å². The standard InChI is InChI=1S/C22H22N6O5/c1-33-19-10-16(28(31)32)9-15(20(19)29)11-23-26-22-24-18-7-8-27(13-17(18)21(30)25-22)12-14-5-3-2-4-6-14/h2-6,9-11,29H,7-8,12-13H2,1H3,(H2,24,25,26,30)/b23-11-. The number of anilines is 1. The molecule has 3 N–H and O–H groups in total. The second kappa shape index (κ2) is 9.49. The molecule has 1 aliphatic rings. The summed E-state index contributed by atoms with van der Waals surface area (Å²) in [6.45, 7) is 2.01. The molecule has 11 nitrogen and oxygen atoms in total. The van der Waals surface area contributed by atoms with Crippen LogP contribution in [0.2, 0.25) is 0 Å². The van der Waals surface area contributed by atoms with Crippen molar-refractivity contribution in [1.82, 2.24) is 14.9 Å². The number of hydrogen-bond acceptors (Lipinski definition) is 9. The van der Waals surface area contributed by atoms with Crippen LogP contribution < -0.4 is 15.7 Å². The lowest BCUT2D eigenvalue weighted by atomic mass is 10.1. The predicted octanol–water partition coefficient (Wildman–Crippen LogP) is 2.40. The number of nitro groups is 1. The molecule has 0 fully saturated rings. The predicted molar refractivity (Wildman–Crippen MR) is 122 cm³/mol. The fourth-order valence-corrected chi connectivity index (χ4v) is 3.65. The zero-order valence-electron chi connectivity index (χ0n) is 17.8. The van der Waals surface area contributed by atoms with Gasteiger partial charge in [-0.05, 0) is 5.56 Å². The van der Waals surface area contributed by atoms with E-state index in [-0.39, 0.29) is 34.3 Å². The number of aromatic amines is 1.